The predicted octanol–water partition coefficient (Wildman–Crippen LogP) is 2.65. The van der Waals surface area contributed by atoms with Gasteiger partial charge in [0, 0.05) is 7.11 Å². The Morgan fingerprint density at radius 1 is 1.47 bits per heavy atom. The average molecular weight is 261 g/mol. The summed E-state index contributed by atoms with van der Waals surface area (Å²) < 4.78 is 6.72. The number of hydrogen-bond acceptors (Lipinski definition) is 3. The fourth-order valence-electron chi connectivity index (χ4n) is 1.69. The fourth-order valence-corrected chi connectivity index (χ4v) is 1.95. The smallest absolute Gasteiger partial charge is 0.0971 e. The molecule has 0 aliphatic rings. The number of ether oxygens (including phenoxy) is 1. The zero-order chi connectivity index (χ0) is 12.8. The normalized spacial score (nSPS) is 13.3. The van der Waals surface area contributed by atoms with Crippen molar-refractivity contribution in [3.63, 3.8) is 0 Å². The summed E-state index contributed by atoms with van der Waals surface area (Å²) in [4.78, 5) is 0. The van der Waals surface area contributed by atoms with Crippen molar-refractivity contribution >= 4 is 11.6 Å². The maximum atomic E-state index is 10.1. The van der Waals surface area contributed by atoms with Crippen LogP contribution in [0.4, 0.5) is 0 Å². The molecule has 0 spiro atoms. The second-order valence-corrected chi connectivity index (χ2v) is 4.99. The van der Waals surface area contributed by atoms with Crippen molar-refractivity contribution in [1.82, 2.24) is 9.78 Å². The maximum Gasteiger partial charge on any atom is 0.0971 e. The molecule has 0 radical (unpaired) electrons. The Morgan fingerprint density at radius 2 is 2.18 bits per heavy atom. The second kappa shape index (κ2) is 6.99. The molecule has 4 nitrogen and oxygen atoms in total. The van der Waals surface area contributed by atoms with E-state index in [1.54, 1.807) is 18.0 Å². The van der Waals surface area contributed by atoms with Crippen molar-refractivity contribution in [3.8, 4) is 0 Å². The zero-order valence-corrected chi connectivity index (χ0v) is 11.4. The van der Waals surface area contributed by atoms with E-state index in [2.05, 4.69) is 18.9 Å². The zero-order valence-electron chi connectivity index (χ0n) is 10.7. The molecule has 5 heteroatoms. The van der Waals surface area contributed by atoms with Gasteiger partial charge in [-0.15, -0.1) is 0 Å². The van der Waals surface area contributed by atoms with Crippen molar-refractivity contribution in [1.29, 1.82) is 0 Å². The van der Waals surface area contributed by atoms with E-state index in [0.717, 1.165) is 6.42 Å². The van der Waals surface area contributed by atoms with Gasteiger partial charge in [-0.1, -0.05) is 25.4 Å². The van der Waals surface area contributed by atoms with Crippen molar-refractivity contribution in [2.75, 3.05) is 13.7 Å². The van der Waals surface area contributed by atoms with E-state index in [1.165, 1.54) is 0 Å². The number of hydrogen-bond donors (Lipinski definition) is 1. The monoisotopic (exact) mass is 260 g/mol. The highest BCUT2D eigenvalue weighted by molar-refractivity contribution is 6.31. The third-order valence-corrected chi connectivity index (χ3v) is 2.96. The highest BCUT2D eigenvalue weighted by Crippen LogP contribution is 2.27. The van der Waals surface area contributed by atoms with Crippen LogP contribution in [0, 0.1) is 5.92 Å². The summed E-state index contributed by atoms with van der Waals surface area (Å²) in [5.74, 6) is 0.568. The van der Waals surface area contributed by atoms with Crippen LogP contribution in [-0.4, -0.2) is 28.6 Å². The van der Waals surface area contributed by atoms with E-state index in [9.17, 15) is 5.11 Å². The molecule has 0 saturated heterocycles. The van der Waals surface area contributed by atoms with Crippen LogP contribution in [-0.2, 0) is 11.3 Å². The Hall–Kier alpha value is -0.580. The van der Waals surface area contributed by atoms with Crippen molar-refractivity contribution in [3.05, 3.63) is 16.9 Å². The summed E-state index contributed by atoms with van der Waals surface area (Å²) in [6.45, 7) is 5.44. The van der Waals surface area contributed by atoms with Gasteiger partial charge in [0.15, 0.2) is 0 Å². The number of aromatic nitrogens is 2. The summed E-state index contributed by atoms with van der Waals surface area (Å²) in [6.07, 6.45) is 2.69. The van der Waals surface area contributed by atoms with Crippen LogP contribution in [0.15, 0.2) is 6.20 Å². The van der Waals surface area contributed by atoms with E-state index in [4.69, 9.17) is 16.3 Å². The van der Waals surface area contributed by atoms with E-state index in [-0.39, 0.29) is 0 Å². The molecule has 17 heavy (non-hydrogen) atoms. The van der Waals surface area contributed by atoms with E-state index >= 15 is 0 Å². The van der Waals surface area contributed by atoms with Gasteiger partial charge in [-0.05, 0) is 18.8 Å². The van der Waals surface area contributed by atoms with Gasteiger partial charge in [0.05, 0.1) is 36.2 Å². The molecule has 1 N–H and O–H groups in total. The molecular formula is C12H21ClN2O2. The first kappa shape index (κ1) is 14.5. The van der Waals surface area contributed by atoms with Gasteiger partial charge in [0.25, 0.3) is 0 Å². The topological polar surface area (TPSA) is 47.3 Å². The lowest BCUT2D eigenvalue weighted by Gasteiger charge is -2.15. The van der Waals surface area contributed by atoms with Crippen LogP contribution in [0.3, 0.4) is 0 Å². The molecule has 98 valence electrons. The molecule has 1 heterocycles. The van der Waals surface area contributed by atoms with Crippen molar-refractivity contribution in [2.24, 2.45) is 5.92 Å². The molecule has 0 aliphatic heterocycles. The Bertz CT molecular complexity index is 339. The minimum absolute atomic E-state index is 0.525. The molecule has 0 saturated carbocycles. The standard InChI is InChI=1S/C12H21ClN2O2/c1-9(2)4-5-11(16)12-10(13)8-14-15(12)6-7-17-3/h8-9,11,16H,4-7H2,1-3H3. The van der Waals surface area contributed by atoms with E-state index in [1.807, 2.05) is 0 Å². The Morgan fingerprint density at radius 3 is 2.76 bits per heavy atom. The van der Waals surface area contributed by atoms with Crippen LogP contribution >= 0.6 is 11.6 Å². The molecule has 0 aromatic carbocycles. The Balaban J connectivity index is 2.69. The van der Waals surface area contributed by atoms with Crippen LogP contribution in [0.2, 0.25) is 5.02 Å². The van der Waals surface area contributed by atoms with Crippen molar-refractivity contribution < 1.29 is 9.84 Å². The Labute approximate surface area is 108 Å². The fraction of sp³-hybridized carbons (Fsp3) is 0.750. The SMILES string of the molecule is COCCn1ncc(Cl)c1C(O)CCC(C)C. The summed E-state index contributed by atoms with van der Waals surface area (Å²) in [5, 5.41) is 14.8. The van der Waals surface area contributed by atoms with Gasteiger partial charge >= 0.3 is 0 Å². The molecule has 0 bridgehead atoms. The largest absolute Gasteiger partial charge is 0.387 e. The van der Waals surface area contributed by atoms with Gasteiger partial charge in [0.1, 0.15) is 0 Å². The minimum Gasteiger partial charge on any atom is -0.387 e. The molecule has 1 aromatic heterocycles. The first-order valence-corrected chi connectivity index (χ1v) is 6.32. The lowest BCUT2D eigenvalue weighted by atomic mass is 10.0. The molecule has 1 rings (SSSR count). The first-order chi connectivity index (χ1) is 8.06. The lowest BCUT2D eigenvalue weighted by Crippen LogP contribution is -2.13. The van der Waals surface area contributed by atoms with E-state index in [0.29, 0.717) is 36.2 Å². The van der Waals surface area contributed by atoms with E-state index < -0.39 is 6.10 Å². The van der Waals surface area contributed by atoms with Crippen LogP contribution in [0.1, 0.15) is 38.5 Å². The number of halogens is 1. The summed E-state index contributed by atoms with van der Waals surface area (Å²) in [7, 11) is 1.64. The summed E-state index contributed by atoms with van der Waals surface area (Å²) in [6, 6.07) is 0. The van der Waals surface area contributed by atoms with Crippen LogP contribution < -0.4 is 0 Å². The number of nitrogens with zero attached hydrogens (tertiary/aromatic N) is 2. The molecule has 1 atom stereocenters. The highest BCUT2D eigenvalue weighted by Gasteiger charge is 2.18. The average Bonchev–Trinajstić information content (AvgIpc) is 2.64. The predicted molar refractivity (Wildman–Crippen MR) is 68.1 cm³/mol. The van der Waals surface area contributed by atoms with Gasteiger partial charge < -0.3 is 9.84 Å². The van der Waals surface area contributed by atoms with Crippen LogP contribution in [0.25, 0.3) is 0 Å². The Kier molecular flexibility index (Phi) is 5.95. The van der Waals surface area contributed by atoms with Gasteiger partial charge in [0.2, 0.25) is 0 Å². The molecule has 0 fully saturated rings. The first-order valence-electron chi connectivity index (χ1n) is 5.94. The highest BCUT2D eigenvalue weighted by atomic mass is 35.5. The summed E-state index contributed by atoms with van der Waals surface area (Å²) in [5.41, 5.74) is 0.698. The number of rotatable bonds is 7. The third-order valence-electron chi connectivity index (χ3n) is 2.67. The van der Waals surface area contributed by atoms with Crippen LogP contribution in [0.5, 0.6) is 0 Å². The molecule has 0 amide bonds. The minimum atomic E-state index is -0.552. The molecule has 0 aliphatic carbocycles. The number of methoxy groups -OCH3 is 1. The molecule has 1 aromatic rings. The number of aliphatic hydroxyl groups excluding tert-OH is 1. The maximum absolute atomic E-state index is 10.1. The second-order valence-electron chi connectivity index (χ2n) is 4.58. The quantitative estimate of drug-likeness (QED) is 0.820. The number of aliphatic hydroxyl groups is 1. The lowest BCUT2D eigenvalue weighted by molar-refractivity contribution is 0.140. The molecule has 1 unspecified atom stereocenters. The van der Waals surface area contributed by atoms with Crippen molar-refractivity contribution in [2.45, 2.75) is 39.3 Å². The third kappa shape index (κ3) is 4.30. The summed E-state index contributed by atoms with van der Waals surface area (Å²) >= 11 is 6.05. The molecular weight excluding hydrogens is 240 g/mol. The van der Waals surface area contributed by atoms with Gasteiger partial charge in [-0.3, -0.25) is 4.68 Å². The van der Waals surface area contributed by atoms with Gasteiger partial charge in [-0.2, -0.15) is 5.10 Å². The van der Waals surface area contributed by atoms with Gasteiger partial charge in [-0.25, -0.2) is 0 Å².